The largest absolute Gasteiger partial charge is 0.352 e. The third-order valence-electron chi connectivity index (χ3n) is 2.12. The maximum atomic E-state index is 11.8. The molecule has 1 aromatic carbocycles. The molecule has 4 heteroatoms. The summed E-state index contributed by atoms with van der Waals surface area (Å²) < 4.78 is 0.788. The van der Waals surface area contributed by atoms with E-state index in [0.717, 1.165) is 10.0 Å². The van der Waals surface area contributed by atoms with E-state index in [1.54, 1.807) is 0 Å². The van der Waals surface area contributed by atoms with Gasteiger partial charge in [-0.2, -0.15) is 5.26 Å². The van der Waals surface area contributed by atoms with E-state index in [4.69, 9.17) is 5.26 Å². The maximum absolute atomic E-state index is 11.8. The number of hydrogen-bond donors (Lipinski definition) is 1. The molecular formula is C12H13BrN2O. The summed E-state index contributed by atoms with van der Waals surface area (Å²) in [5.74, 6) is -0.103. The minimum atomic E-state index is -0.103. The van der Waals surface area contributed by atoms with Crippen molar-refractivity contribution in [1.82, 2.24) is 5.32 Å². The topological polar surface area (TPSA) is 52.9 Å². The first kappa shape index (κ1) is 12.7. The standard InChI is InChI=1S/C12H13BrN2O/c1-9-4-5-11(13)10(8-9)12(16)15-7-3-2-6-14/h4-5,8H,2-3,7H2,1H3,(H,15,16). The van der Waals surface area contributed by atoms with Crippen LogP contribution in [0.3, 0.4) is 0 Å². The summed E-state index contributed by atoms with van der Waals surface area (Å²) in [4.78, 5) is 11.8. The van der Waals surface area contributed by atoms with Crippen LogP contribution in [0.4, 0.5) is 0 Å². The predicted octanol–water partition coefficient (Wildman–Crippen LogP) is 2.79. The van der Waals surface area contributed by atoms with Crippen LogP contribution in [0.2, 0.25) is 0 Å². The van der Waals surface area contributed by atoms with Gasteiger partial charge in [0.15, 0.2) is 0 Å². The van der Waals surface area contributed by atoms with Crippen LogP contribution < -0.4 is 5.32 Å². The predicted molar refractivity (Wildman–Crippen MR) is 66.1 cm³/mol. The van der Waals surface area contributed by atoms with Crippen LogP contribution in [0, 0.1) is 18.3 Å². The first-order valence-electron chi connectivity index (χ1n) is 5.06. The Morgan fingerprint density at radius 3 is 3.00 bits per heavy atom. The second-order valence-electron chi connectivity index (χ2n) is 3.50. The van der Waals surface area contributed by atoms with E-state index in [-0.39, 0.29) is 5.91 Å². The number of amides is 1. The zero-order chi connectivity index (χ0) is 12.0. The molecule has 0 unspecified atom stereocenters. The van der Waals surface area contributed by atoms with Gasteiger partial charge < -0.3 is 5.32 Å². The molecule has 0 aliphatic rings. The molecule has 84 valence electrons. The average Bonchev–Trinajstić information content (AvgIpc) is 2.27. The average molecular weight is 281 g/mol. The van der Waals surface area contributed by atoms with Gasteiger partial charge in [0.05, 0.1) is 11.6 Å². The number of nitrogens with one attached hydrogen (secondary N) is 1. The molecule has 0 aliphatic carbocycles. The van der Waals surface area contributed by atoms with E-state index in [0.29, 0.717) is 24.9 Å². The lowest BCUT2D eigenvalue weighted by atomic mass is 10.1. The molecule has 0 bridgehead atoms. The molecule has 0 saturated carbocycles. The first-order chi connectivity index (χ1) is 7.65. The molecule has 0 radical (unpaired) electrons. The molecule has 1 N–H and O–H groups in total. The van der Waals surface area contributed by atoms with Crippen molar-refractivity contribution >= 4 is 21.8 Å². The second kappa shape index (κ2) is 6.29. The number of carbonyl (C=O) groups excluding carboxylic acids is 1. The molecule has 0 aromatic heterocycles. The molecule has 0 heterocycles. The Labute approximate surface area is 104 Å². The molecule has 0 saturated heterocycles. The number of halogens is 1. The fraction of sp³-hybridized carbons (Fsp3) is 0.333. The summed E-state index contributed by atoms with van der Waals surface area (Å²) in [6.07, 6.45) is 1.15. The smallest absolute Gasteiger partial charge is 0.252 e. The lowest BCUT2D eigenvalue weighted by Gasteiger charge is -2.06. The molecule has 0 atom stereocenters. The zero-order valence-electron chi connectivity index (χ0n) is 9.09. The van der Waals surface area contributed by atoms with Gasteiger partial charge in [0.25, 0.3) is 5.91 Å². The summed E-state index contributed by atoms with van der Waals surface area (Å²) in [6.45, 7) is 2.48. The highest BCUT2D eigenvalue weighted by Gasteiger charge is 2.08. The summed E-state index contributed by atoms with van der Waals surface area (Å²) >= 11 is 3.34. The quantitative estimate of drug-likeness (QED) is 0.863. The van der Waals surface area contributed by atoms with Crippen molar-refractivity contribution in [1.29, 1.82) is 5.26 Å². The van der Waals surface area contributed by atoms with Crippen LogP contribution in [0.25, 0.3) is 0 Å². The van der Waals surface area contributed by atoms with E-state index in [9.17, 15) is 4.79 Å². The van der Waals surface area contributed by atoms with Crippen molar-refractivity contribution < 1.29 is 4.79 Å². The first-order valence-corrected chi connectivity index (χ1v) is 5.85. The van der Waals surface area contributed by atoms with Crippen molar-refractivity contribution in [2.45, 2.75) is 19.8 Å². The van der Waals surface area contributed by atoms with Gasteiger partial charge in [-0.05, 0) is 41.4 Å². The number of nitrogens with zero attached hydrogens (tertiary/aromatic N) is 1. The minimum Gasteiger partial charge on any atom is -0.352 e. The number of aryl methyl sites for hydroxylation is 1. The number of nitriles is 1. The van der Waals surface area contributed by atoms with Crippen LogP contribution in [0.15, 0.2) is 22.7 Å². The lowest BCUT2D eigenvalue weighted by Crippen LogP contribution is -2.24. The van der Waals surface area contributed by atoms with E-state index in [2.05, 4.69) is 21.2 Å². The molecule has 1 rings (SSSR count). The van der Waals surface area contributed by atoms with Gasteiger partial charge in [-0.15, -0.1) is 0 Å². The van der Waals surface area contributed by atoms with Crippen molar-refractivity contribution in [3.8, 4) is 6.07 Å². The molecule has 1 aromatic rings. The molecular weight excluding hydrogens is 268 g/mol. The third-order valence-corrected chi connectivity index (χ3v) is 2.81. The summed E-state index contributed by atoms with van der Waals surface area (Å²) in [5, 5.41) is 11.1. The Morgan fingerprint density at radius 2 is 2.31 bits per heavy atom. The van der Waals surface area contributed by atoms with Crippen molar-refractivity contribution in [3.05, 3.63) is 33.8 Å². The highest BCUT2D eigenvalue weighted by Crippen LogP contribution is 2.17. The van der Waals surface area contributed by atoms with E-state index in [1.807, 2.05) is 31.2 Å². The molecule has 0 spiro atoms. The minimum absolute atomic E-state index is 0.103. The summed E-state index contributed by atoms with van der Waals surface area (Å²) in [6, 6.07) is 7.68. The fourth-order valence-electron chi connectivity index (χ4n) is 1.28. The van der Waals surface area contributed by atoms with Gasteiger partial charge in [0.2, 0.25) is 0 Å². The van der Waals surface area contributed by atoms with Crippen LogP contribution in [0.5, 0.6) is 0 Å². The van der Waals surface area contributed by atoms with Gasteiger partial charge >= 0.3 is 0 Å². The number of carbonyl (C=O) groups is 1. The maximum Gasteiger partial charge on any atom is 0.252 e. The molecule has 16 heavy (non-hydrogen) atoms. The Bertz CT molecular complexity index is 424. The monoisotopic (exact) mass is 280 g/mol. The molecule has 0 fully saturated rings. The molecule has 1 amide bonds. The van der Waals surface area contributed by atoms with Crippen LogP contribution in [0.1, 0.15) is 28.8 Å². The van der Waals surface area contributed by atoms with Gasteiger partial charge in [-0.25, -0.2) is 0 Å². The van der Waals surface area contributed by atoms with Crippen molar-refractivity contribution in [2.24, 2.45) is 0 Å². The van der Waals surface area contributed by atoms with Crippen molar-refractivity contribution in [3.63, 3.8) is 0 Å². The van der Waals surface area contributed by atoms with Gasteiger partial charge in [0, 0.05) is 17.4 Å². The third kappa shape index (κ3) is 3.67. The Morgan fingerprint density at radius 1 is 1.56 bits per heavy atom. The second-order valence-corrected chi connectivity index (χ2v) is 4.36. The van der Waals surface area contributed by atoms with E-state index in [1.165, 1.54) is 0 Å². The van der Waals surface area contributed by atoms with Crippen LogP contribution in [-0.2, 0) is 0 Å². The number of rotatable bonds is 4. The fourth-order valence-corrected chi connectivity index (χ4v) is 1.70. The highest BCUT2D eigenvalue weighted by atomic mass is 79.9. The number of unbranched alkanes of at least 4 members (excludes halogenated alkanes) is 1. The van der Waals surface area contributed by atoms with Crippen LogP contribution in [-0.4, -0.2) is 12.5 Å². The SMILES string of the molecule is Cc1ccc(Br)c(C(=O)NCCCC#N)c1. The summed E-state index contributed by atoms with van der Waals surface area (Å²) in [5.41, 5.74) is 1.68. The Hall–Kier alpha value is -1.34. The Balaban J connectivity index is 2.59. The zero-order valence-corrected chi connectivity index (χ0v) is 10.7. The van der Waals surface area contributed by atoms with Gasteiger partial charge in [-0.1, -0.05) is 11.6 Å². The Kier molecular flexibility index (Phi) is 5.00. The van der Waals surface area contributed by atoms with E-state index >= 15 is 0 Å². The van der Waals surface area contributed by atoms with E-state index < -0.39 is 0 Å². The number of benzene rings is 1. The van der Waals surface area contributed by atoms with Gasteiger partial charge in [-0.3, -0.25) is 4.79 Å². The molecule has 0 aliphatic heterocycles. The summed E-state index contributed by atoms with van der Waals surface area (Å²) in [7, 11) is 0. The highest BCUT2D eigenvalue weighted by molar-refractivity contribution is 9.10. The lowest BCUT2D eigenvalue weighted by molar-refractivity contribution is 0.0952. The van der Waals surface area contributed by atoms with Crippen LogP contribution >= 0.6 is 15.9 Å². The normalized spacial score (nSPS) is 9.56. The van der Waals surface area contributed by atoms with Crippen molar-refractivity contribution in [2.75, 3.05) is 6.54 Å². The molecule has 3 nitrogen and oxygen atoms in total. The van der Waals surface area contributed by atoms with Gasteiger partial charge in [0.1, 0.15) is 0 Å². The number of hydrogen-bond acceptors (Lipinski definition) is 2.